The number of para-hydroxylation sites is 1. The average Bonchev–Trinajstić information content (AvgIpc) is 3.13. The number of nitrogens with one attached hydrogen (secondary N) is 1. The second-order valence-corrected chi connectivity index (χ2v) is 9.06. The van der Waals surface area contributed by atoms with Gasteiger partial charge in [-0.2, -0.15) is 0 Å². The van der Waals surface area contributed by atoms with Crippen LogP contribution in [0.15, 0.2) is 77.8 Å². The van der Waals surface area contributed by atoms with Crippen molar-refractivity contribution in [3.05, 3.63) is 100 Å². The van der Waals surface area contributed by atoms with Gasteiger partial charge in [-0.3, -0.25) is 4.79 Å². The Bertz CT molecular complexity index is 1230. The molecule has 0 unspecified atom stereocenters. The van der Waals surface area contributed by atoms with E-state index in [9.17, 15) is 4.79 Å². The highest BCUT2D eigenvalue weighted by molar-refractivity contribution is 7.98. The molecule has 31 heavy (non-hydrogen) atoms. The summed E-state index contributed by atoms with van der Waals surface area (Å²) < 4.78 is 2.21. The molecule has 1 N–H and O–H groups in total. The minimum atomic E-state index is -0.0344. The molecule has 1 heterocycles. The summed E-state index contributed by atoms with van der Waals surface area (Å²) in [6, 6.07) is 22.2. The largest absolute Gasteiger partial charge is 0.350 e. The van der Waals surface area contributed by atoms with Crippen LogP contribution in [0.25, 0.3) is 10.9 Å². The minimum Gasteiger partial charge on any atom is -0.350 e. The number of aryl methyl sites for hydroxylation is 2. The summed E-state index contributed by atoms with van der Waals surface area (Å²) in [5, 5.41) is 5.07. The molecule has 4 rings (SSSR count). The van der Waals surface area contributed by atoms with Crippen LogP contribution in [-0.4, -0.2) is 17.0 Å². The lowest BCUT2D eigenvalue weighted by Gasteiger charge is -2.09. The number of aromatic nitrogens is 1. The lowest BCUT2D eigenvalue weighted by Crippen LogP contribution is -2.27. The van der Waals surface area contributed by atoms with Crippen molar-refractivity contribution < 1.29 is 4.79 Å². The molecule has 0 atom stereocenters. The van der Waals surface area contributed by atoms with E-state index in [2.05, 4.69) is 53.3 Å². The molecule has 158 valence electrons. The molecule has 4 aromatic rings. The van der Waals surface area contributed by atoms with E-state index in [1.165, 1.54) is 21.4 Å². The summed E-state index contributed by atoms with van der Waals surface area (Å²) in [6.07, 6.45) is 2.17. The van der Waals surface area contributed by atoms with Crippen molar-refractivity contribution >= 4 is 40.2 Å². The molecule has 0 spiro atoms. The van der Waals surface area contributed by atoms with Gasteiger partial charge in [-0.05, 0) is 54.8 Å². The topological polar surface area (TPSA) is 34.0 Å². The first-order valence-electron chi connectivity index (χ1n) is 10.3. The van der Waals surface area contributed by atoms with E-state index in [1.807, 2.05) is 43.3 Å². The average molecular weight is 449 g/mol. The van der Waals surface area contributed by atoms with Crippen molar-refractivity contribution in [2.24, 2.45) is 0 Å². The van der Waals surface area contributed by atoms with Gasteiger partial charge in [0, 0.05) is 51.4 Å². The highest BCUT2D eigenvalue weighted by Crippen LogP contribution is 2.33. The first-order valence-corrected chi connectivity index (χ1v) is 11.7. The van der Waals surface area contributed by atoms with Gasteiger partial charge in [0.1, 0.15) is 0 Å². The number of hydrogen-bond donors (Lipinski definition) is 1. The summed E-state index contributed by atoms with van der Waals surface area (Å²) in [5.41, 5.74) is 5.33. The molecular formula is C26H25ClN2OS. The van der Waals surface area contributed by atoms with Crippen LogP contribution in [0.2, 0.25) is 5.02 Å². The van der Waals surface area contributed by atoms with E-state index in [4.69, 9.17) is 11.6 Å². The number of rotatable bonds is 7. The van der Waals surface area contributed by atoms with E-state index in [-0.39, 0.29) is 5.91 Å². The smallest absolute Gasteiger partial charge is 0.251 e. The van der Waals surface area contributed by atoms with Gasteiger partial charge in [-0.25, -0.2) is 0 Å². The van der Waals surface area contributed by atoms with Gasteiger partial charge in [0.15, 0.2) is 0 Å². The quantitative estimate of drug-likeness (QED) is 0.322. The number of carbonyl (C=O) groups excluding carboxylic acids is 1. The van der Waals surface area contributed by atoms with Crippen molar-refractivity contribution in [2.45, 2.75) is 31.0 Å². The number of amides is 1. The van der Waals surface area contributed by atoms with Crippen LogP contribution in [0, 0.1) is 13.8 Å². The van der Waals surface area contributed by atoms with Crippen molar-refractivity contribution in [1.29, 1.82) is 0 Å². The zero-order chi connectivity index (χ0) is 21.8. The van der Waals surface area contributed by atoms with E-state index < -0.39 is 0 Å². The standard InChI is InChI=1S/C26H25ClN2OS/c1-18-11-12-20(15-19(18)2)26(30)28-13-14-29-16-25(22-8-4-6-10-24(22)29)31-17-21-7-3-5-9-23(21)27/h3-12,15-16H,13-14,17H2,1-2H3,(H,28,30). The fraction of sp³-hybridized carbons (Fsp3) is 0.192. The Morgan fingerprint density at radius 3 is 2.58 bits per heavy atom. The van der Waals surface area contributed by atoms with Crippen LogP contribution in [0.4, 0.5) is 0 Å². The number of thioether (sulfide) groups is 1. The van der Waals surface area contributed by atoms with Crippen molar-refractivity contribution in [3.8, 4) is 0 Å². The molecule has 1 amide bonds. The van der Waals surface area contributed by atoms with Gasteiger partial charge in [0.25, 0.3) is 5.91 Å². The van der Waals surface area contributed by atoms with Gasteiger partial charge in [0.05, 0.1) is 0 Å². The number of hydrogen-bond acceptors (Lipinski definition) is 2. The maximum Gasteiger partial charge on any atom is 0.251 e. The van der Waals surface area contributed by atoms with Crippen LogP contribution in [0.5, 0.6) is 0 Å². The zero-order valence-electron chi connectivity index (χ0n) is 17.7. The number of halogens is 1. The molecule has 0 aliphatic rings. The number of benzene rings is 3. The maximum absolute atomic E-state index is 12.5. The first kappa shape index (κ1) is 21.5. The molecule has 1 aromatic heterocycles. The fourth-order valence-corrected chi connectivity index (χ4v) is 4.93. The summed E-state index contributed by atoms with van der Waals surface area (Å²) in [4.78, 5) is 13.7. The van der Waals surface area contributed by atoms with E-state index in [0.717, 1.165) is 21.9 Å². The highest BCUT2D eigenvalue weighted by Gasteiger charge is 2.11. The van der Waals surface area contributed by atoms with Crippen molar-refractivity contribution in [3.63, 3.8) is 0 Å². The van der Waals surface area contributed by atoms with Crippen molar-refractivity contribution in [2.75, 3.05) is 6.54 Å². The Kier molecular flexibility index (Phi) is 6.69. The molecule has 0 fully saturated rings. The van der Waals surface area contributed by atoms with Crippen LogP contribution < -0.4 is 5.32 Å². The predicted octanol–water partition coefficient (Wildman–Crippen LogP) is 6.63. The van der Waals surface area contributed by atoms with E-state index in [0.29, 0.717) is 18.7 Å². The monoisotopic (exact) mass is 448 g/mol. The molecule has 0 bridgehead atoms. The Morgan fingerprint density at radius 1 is 1.00 bits per heavy atom. The van der Waals surface area contributed by atoms with Gasteiger partial charge in [0.2, 0.25) is 0 Å². The fourth-order valence-electron chi connectivity index (χ4n) is 3.56. The Hall–Kier alpha value is -2.69. The van der Waals surface area contributed by atoms with Crippen LogP contribution in [0.3, 0.4) is 0 Å². The Morgan fingerprint density at radius 2 is 1.77 bits per heavy atom. The lowest BCUT2D eigenvalue weighted by molar-refractivity contribution is 0.0952. The third-order valence-corrected chi connectivity index (χ3v) is 6.96. The number of fused-ring (bicyclic) bond motifs is 1. The van der Waals surface area contributed by atoms with Gasteiger partial charge in [-0.1, -0.05) is 54.1 Å². The lowest BCUT2D eigenvalue weighted by atomic mass is 10.1. The van der Waals surface area contributed by atoms with Crippen LogP contribution in [-0.2, 0) is 12.3 Å². The van der Waals surface area contributed by atoms with E-state index in [1.54, 1.807) is 11.8 Å². The second kappa shape index (κ2) is 9.63. The van der Waals surface area contributed by atoms with Crippen LogP contribution >= 0.6 is 23.4 Å². The predicted molar refractivity (Wildman–Crippen MR) is 131 cm³/mol. The maximum atomic E-state index is 12.5. The molecule has 0 saturated carbocycles. The molecule has 3 nitrogen and oxygen atoms in total. The van der Waals surface area contributed by atoms with Gasteiger partial charge in [-0.15, -0.1) is 11.8 Å². The second-order valence-electron chi connectivity index (χ2n) is 7.64. The third-order valence-electron chi connectivity index (χ3n) is 5.50. The van der Waals surface area contributed by atoms with Crippen molar-refractivity contribution in [1.82, 2.24) is 9.88 Å². The summed E-state index contributed by atoms with van der Waals surface area (Å²) >= 11 is 8.11. The molecule has 0 radical (unpaired) electrons. The number of nitrogens with zero attached hydrogens (tertiary/aromatic N) is 1. The molecule has 3 aromatic carbocycles. The first-order chi connectivity index (χ1) is 15.0. The molecule has 0 aliphatic heterocycles. The molecule has 0 aliphatic carbocycles. The summed E-state index contributed by atoms with van der Waals surface area (Å²) in [5.74, 6) is 0.782. The normalized spacial score (nSPS) is 11.1. The summed E-state index contributed by atoms with van der Waals surface area (Å²) in [6.45, 7) is 5.36. The molecule has 0 saturated heterocycles. The van der Waals surface area contributed by atoms with E-state index >= 15 is 0 Å². The third kappa shape index (κ3) is 4.97. The Balaban J connectivity index is 1.45. The van der Waals surface area contributed by atoms with Gasteiger partial charge < -0.3 is 9.88 Å². The molecular weight excluding hydrogens is 424 g/mol. The number of carbonyl (C=O) groups is 1. The van der Waals surface area contributed by atoms with Gasteiger partial charge >= 0.3 is 0 Å². The Labute approximate surface area is 192 Å². The summed E-state index contributed by atoms with van der Waals surface area (Å²) in [7, 11) is 0. The molecule has 5 heteroatoms. The zero-order valence-corrected chi connectivity index (χ0v) is 19.3. The van der Waals surface area contributed by atoms with Crippen LogP contribution in [0.1, 0.15) is 27.0 Å². The minimum absolute atomic E-state index is 0.0344. The SMILES string of the molecule is Cc1ccc(C(=O)NCCn2cc(SCc3ccccc3Cl)c3ccccc32)cc1C. The highest BCUT2D eigenvalue weighted by atomic mass is 35.5.